The average Bonchev–Trinajstić information content (AvgIpc) is 2.91. The first-order valence-corrected chi connectivity index (χ1v) is 16.3. The second-order valence-corrected chi connectivity index (χ2v) is 11.0. The number of unbranched alkanes of at least 4 members (excludes halogenated alkanes) is 11. The summed E-state index contributed by atoms with van der Waals surface area (Å²) in [5, 5.41) is 4.99. The topological polar surface area (TPSA) is 140 Å². The summed E-state index contributed by atoms with van der Waals surface area (Å²) in [5.74, 6) is -0.516. The molecule has 11 heteroatoms. The molecule has 0 aliphatic heterocycles. The smallest absolute Gasteiger partial charge is 0.466 e. The molecule has 2 amide bonds. The number of esters is 1. The molecular formula is C28H53N2O8P. The third kappa shape index (κ3) is 29.1. The minimum Gasteiger partial charge on any atom is -0.466 e. The molecule has 10 nitrogen and oxygen atoms in total. The van der Waals surface area contributed by atoms with Crippen molar-refractivity contribution >= 4 is 26.1 Å². The Labute approximate surface area is 235 Å². The van der Waals surface area contributed by atoms with E-state index in [4.69, 9.17) is 13.8 Å². The molecule has 0 bridgehead atoms. The summed E-state index contributed by atoms with van der Waals surface area (Å²) < 4.78 is 26.6. The van der Waals surface area contributed by atoms with Crippen molar-refractivity contribution in [2.45, 2.75) is 116 Å². The van der Waals surface area contributed by atoms with E-state index in [-0.39, 0.29) is 51.1 Å². The number of phosphoric acid groups is 1. The monoisotopic (exact) mass is 576 g/mol. The minimum atomic E-state index is -4.24. The number of hydrogen-bond donors (Lipinski definition) is 3. The summed E-state index contributed by atoms with van der Waals surface area (Å²) in [7, 11) is -4.24. The molecule has 0 saturated carbocycles. The molecule has 39 heavy (non-hydrogen) atoms. The summed E-state index contributed by atoms with van der Waals surface area (Å²) in [4.78, 5) is 43.1. The molecule has 0 rings (SSSR count). The largest absolute Gasteiger partial charge is 0.472 e. The highest BCUT2D eigenvalue weighted by Crippen LogP contribution is 2.42. The zero-order chi connectivity index (χ0) is 28.9. The first-order chi connectivity index (χ1) is 18.9. The van der Waals surface area contributed by atoms with Crippen LogP contribution < -0.4 is 10.6 Å². The maximum atomic E-state index is 11.8. The van der Waals surface area contributed by atoms with Gasteiger partial charge in [-0.15, -0.1) is 0 Å². The van der Waals surface area contributed by atoms with Crippen LogP contribution in [-0.4, -0.2) is 56.1 Å². The van der Waals surface area contributed by atoms with Gasteiger partial charge < -0.3 is 20.3 Å². The van der Waals surface area contributed by atoms with Crippen LogP contribution in [0.5, 0.6) is 0 Å². The van der Waals surface area contributed by atoms with Gasteiger partial charge in [0.25, 0.3) is 0 Å². The SMILES string of the molecule is CCCCCCCC/C=C\CCCCCCCC(=O)OCCCOP(=O)(O)OCCNC(=O)CCCNC=O. The van der Waals surface area contributed by atoms with Crippen LogP contribution in [0.4, 0.5) is 0 Å². The van der Waals surface area contributed by atoms with Gasteiger partial charge in [-0.3, -0.25) is 23.4 Å². The second-order valence-electron chi connectivity index (χ2n) is 9.57. The Morgan fingerprint density at radius 2 is 1.36 bits per heavy atom. The zero-order valence-electron chi connectivity index (χ0n) is 24.0. The summed E-state index contributed by atoms with van der Waals surface area (Å²) in [6, 6.07) is 0. The molecule has 0 aliphatic rings. The lowest BCUT2D eigenvalue weighted by atomic mass is 10.1. The molecule has 0 aromatic carbocycles. The number of rotatable bonds is 29. The van der Waals surface area contributed by atoms with Gasteiger partial charge in [0.15, 0.2) is 0 Å². The lowest BCUT2D eigenvalue weighted by molar-refractivity contribution is -0.144. The van der Waals surface area contributed by atoms with Crippen molar-refractivity contribution < 1.29 is 37.6 Å². The normalized spacial score (nSPS) is 12.8. The number of phosphoric ester groups is 1. The standard InChI is InChI=1S/C28H53N2O8P/c1-2-3-4-5-6-7-8-9-10-11-12-13-14-15-16-20-28(33)36-23-18-24-37-39(34,35)38-25-22-30-27(32)19-17-21-29-26-31/h9-10,26H,2-8,11-25H2,1H3,(H,29,31)(H,30,32)(H,34,35)/b10-9-. The highest BCUT2D eigenvalue weighted by Gasteiger charge is 2.20. The Hall–Kier alpha value is -1.74. The van der Waals surface area contributed by atoms with Gasteiger partial charge in [-0.05, 0) is 38.5 Å². The quantitative estimate of drug-likeness (QED) is 0.0337. The molecule has 0 aromatic rings. The van der Waals surface area contributed by atoms with E-state index in [9.17, 15) is 23.8 Å². The Balaban J connectivity index is 3.51. The Kier molecular flexibility index (Phi) is 26.6. The lowest BCUT2D eigenvalue weighted by Crippen LogP contribution is -2.27. The number of nitrogens with one attached hydrogen (secondary N) is 2. The average molecular weight is 577 g/mol. The van der Waals surface area contributed by atoms with Gasteiger partial charge in [-0.25, -0.2) is 4.57 Å². The number of hydrogen-bond acceptors (Lipinski definition) is 7. The maximum absolute atomic E-state index is 11.8. The fraction of sp³-hybridized carbons (Fsp3) is 0.821. The first-order valence-electron chi connectivity index (χ1n) is 14.8. The van der Waals surface area contributed by atoms with E-state index in [2.05, 4.69) is 29.7 Å². The number of allylic oxidation sites excluding steroid dienone is 2. The summed E-state index contributed by atoms with van der Waals surface area (Å²) >= 11 is 0. The van der Waals surface area contributed by atoms with Crippen LogP contribution in [0.3, 0.4) is 0 Å². The number of carbonyl (C=O) groups excluding carboxylic acids is 3. The van der Waals surface area contributed by atoms with Gasteiger partial charge in [-0.2, -0.15) is 0 Å². The van der Waals surface area contributed by atoms with Gasteiger partial charge >= 0.3 is 13.8 Å². The van der Waals surface area contributed by atoms with Gasteiger partial charge in [0.2, 0.25) is 12.3 Å². The minimum absolute atomic E-state index is 0.0574. The fourth-order valence-electron chi connectivity index (χ4n) is 3.72. The Morgan fingerprint density at radius 1 is 0.744 bits per heavy atom. The lowest BCUT2D eigenvalue weighted by Gasteiger charge is -2.12. The van der Waals surface area contributed by atoms with E-state index < -0.39 is 7.82 Å². The van der Waals surface area contributed by atoms with E-state index in [1.165, 1.54) is 57.8 Å². The molecule has 0 heterocycles. The van der Waals surface area contributed by atoms with E-state index in [0.29, 0.717) is 25.8 Å². The molecule has 1 unspecified atom stereocenters. The molecule has 228 valence electrons. The van der Waals surface area contributed by atoms with Crippen molar-refractivity contribution in [3.05, 3.63) is 12.2 Å². The van der Waals surface area contributed by atoms with Crippen molar-refractivity contribution in [2.75, 3.05) is 32.9 Å². The number of carbonyl (C=O) groups is 3. The molecule has 0 aromatic heterocycles. The molecule has 0 fully saturated rings. The maximum Gasteiger partial charge on any atom is 0.472 e. The van der Waals surface area contributed by atoms with E-state index >= 15 is 0 Å². The number of ether oxygens (including phenoxy) is 1. The van der Waals surface area contributed by atoms with Gasteiger partial charge in [0.1, 0.15) is 0 Å². The summed E-state index contributed by atoms with van der Waals surface area (Å²) in [6.45, 7) is 2.54. The van der Waals surface area contributed by atoms with Crippen molar-refractivity contribution in [3.63, 3.8) is 0 Å². The van der Waals surface area contributed by atoms with Crippen LogP contribution in [0, 0.1) is 0 Å². The second kappa shape index (κ2) is 27.8. The first kappa shape index (κ1) is 37.3. The third-order valence-corrected chi connectivity index (χ3v) is 6.95. The van der Waals surface area contributed by atoms with Crippen LogP contribution >= 0.6 is 7.82 Å². The van der Waals surface area contributed by atoms with Gasteiger partial charge in [0.05, 0.1) is 19.8 Å². The van der Waals surface area contributed by atoms with Crippen LogP contribution in [0.2, 0.25) is 0 Å². The number of amides is 2. The Bertz CT molecular complexity index is 690. The van der Waals surface area contributed by atoms with Crippen LogP contribution in [0.15, 0.2) is 12.2 Å². The van der Waals surface area contributed by atoms with Crippen LogP contribution in [-0.2, 0) is 32.7 Å². The van der Waals surface area contributed by atoms with Crippen molar-refractivity contribution in [1.82, 2.24) is 10.6 Å². The predicted octanol–water partition coefficient (Wildman–Crippen LogP) is 5.73. The molecule has 3 N–H and O–H groups in total. The van der Waals surface area contributed by atoms with Crippen molar-refractivity contribution in [2.24, 2.45) is 0 Å². The summed E-state index contributed by atoms with van der Waals surface area (Å²) in [5.41, 5.74) is 0. The summed E-state index contributed by atoms with van der Waals surface area (Å²) in [6.07, 6.45) is 22.2. The highest BCUT2D eigenvalue weighted by molar-refractivity contribution is 7.47. The van der Waals surface area contributed by atoms with E-state index in [1.807, 2.05) is 0 Å². The molecule has 0 spiro atoms. The zero-order valence-corrected chi connectivity index (χ0v) is 24.9. The van der Waals surface area contributed by atoms with Crippen molar-refractivity contribution in [3.8, 4) is 0 Å². The highest BCUT2D eigenvalue weighted by atomic mass is 31.2. The Morgan fingerprint density at radius 3 is 2.03 bits per heavy atom. The van der Waals surface area contributed by atoms with Crippen LogP contribution in [0.25, 0.3) is 0 Å². The fourth-order valence-corrected chi connectivity index (χ4v) is 4.48. The van der Waals surface area contributed by atoms with Crippen molar-refractivity contribution in [1.29, 1.82) is 0 Å². The molecule has 0 radical (unpaired) electrons. The van der Waals surface area contributed by atoms with E-state index in [0.717, 1.165) is 25.7 Å². The molecule has 0 aliphatic carbocycles. The molecular weight excluding hydrogens is 523 g/mol. The molecule has 1 atom stereocenters. The third-order valence-electron chi connectivity index (χ3n) is 5.94. The van der Waals surface area contributed by atoms with Gasteiger partial charge in [-0.1, -0.05) is 70.4 Å². The van der Waals surface area contributed by atoms with Crippen LogP contribution in [0.1, 0.15) is 116 Å². The predicted molar refractivity (Wildman–Crippen MR) is 153 cm³/mol. The van der Waals surface area contributed by atoms with Gasteiger partial charge in [0, 0.05) is 32.4 Å². The van der Waals surface area contributed by atoms with E-state index in [1.54, 1.807) is 0 Å². The molecule has 0 saturated heterocycles.